The Labute approximate surface area is 184 Å². The van der Waals surface area contributed by atoms with Crippen molar-refractivity contribution in [1.29, 1.82) is 0 Å². The van der Waals surface area contributed by atoms with Gasteiger partial charge in [0.25, 0.3) is 5.91 Å². The van der Waals surface area contributed by atoms with Crippen LogP contribution >= 0.6 is 0 Å². The van der Waals surface area contributed by atoms with Gasteiger partial charge in [-0.25, -0.2) is 0 Å². The number of ether oxygens (including phenoxy) is 3. The topological polar surface area (TPSA) is 60.0 Å². The molecule has 0 bridgehead atoms. The summed E-state index contributed by atoms with van der Waals surface area (Å²) in [5, 5.41) is 3.11. The largest absolute Gasteiger partial charge is 0.496 e. The molecule has 1 heterocycles. The van der Waals surface area contributed by atoms with Crippen LogP contribution in [0.4, 0.5) is 0 Å². The van der Waals surface area contributed by atoms with Crippen molar-refractivity contribution in [2.75, 3.05) is 40.5 Å². The third-order valence-corrected chi connectivity index (χ3v) is 5.57. The molecule has 1 aliphatic heterocycles. The van der Waals surface area contributed by atoms with E-state index >= 15 is 0 Å². The molecule has 1 fully saturated rings. The maximum Gasteiger partial charge on any atom is 0.251 e. The molecule has 0 aliphatic carbocycles. The number of para-hydroxylation sites is 1. The Morgan fingerprint density at radius 1 is 1.06 bits per heavy atom. The maximum absolute atomic E-state index is 12.9. The van der Waals surface area contributed by atoms with Crippen molar-refractivity contribution in [2.45, 2.75) is 25.3 Å². The van der Waals surface area contributed by atoms with E-state index in [1.807, 2.05) is 18.2 Å². The molecule has 1 N–H and O–H groups in total. The molecule has 1 saturated heterocycles. The van der Waals surface area contributed by atoms with Gasteiger partial charge in [0.05, 0.1) is 20.3 Å². The van der Waals surface area contributed by atoms with E-state index in [0.717, 1.165) is 24.4 Å². The fraction of sp³-hybridized carbons (Fsp3) is 0.400. The molecule has 2 aromatic carbocycles. The van der Waals surface area contributed by atoms with E-state index in [0.29, 0.717) is 30.2 Å². The molecule has 0 spiro atoms. The molecule has 31 heavy (non-hydrogen) atoms. The number of carbonyl (C=O) groups is 1. The first-order chi connectivity index (χ1) is 15.2. The number of piperidine rings is 1. The minimum Gasteiger partial charge on any atom is -0.496 e. The van der Waals surface area contributed by atoms with E-state index in [2.05, 4.69) is 22.9 Å². The Kier molecular flexibility index (Phi) is 8.35. The van der Waals surface area contributed by atoms with Gasteiger partial charge in [-0.2, -0.15) is 0 Å². The zero-order chi connectivity index (χ0) is 22.1. The van der Waals surface area contributed by atoms with Crippen LogP contribution in [-0.4, -0.2) is 51.3 Å². The number of hydrogen-bond acceptors (Lipinski definition) is 5. The van der Waals surface area contributed by atoms with Gasteiger partial charge in [-0.1, -0.05) is 37.3 Å². The van der Waals surface area contributed by atoms with Gasteiger partial charge in [0, 0.05) is 17.7 Å². The van der Waals surface area contributed by atoms with Crippen molar-refractivity contribution in [3.63, 3.8) is 0 Å². The number of nitrogens with zero attached hydrogens (tertiary/aromatic N) is 1. The predicted octanol–water partition coefficient (Wildman–Crippen LogP) is 4.23. The van der Waals surface area contributed by atoms with Crippen LogP contribution in [0.15, 0.2) is 55.1 Å². The molecule has 1 amide bonds. The average Bonchev–Trinajstić information content (AvgIpc) is 2.83. The molecule has 0 saturated carbocycles. The van der Waals surface area contributed by atoms with Crippen LogP contribution in [0, 0.1) is 0 Å². The van der Waals surface area contributed by atoms with Crippen molar-refractivity contribution < 1.29 is 19.0 Å². The first-order valence-electron chi connectivity index (χ1n) is 10.7. The quantitative estimate of drug-likeness (QED) is 0.579. The van der Waals surface area contributed by atoms with Crippen molar-refractivity contribution in [1.82, 2.24) is 10.2 Å². The molecule has 6 nitrogen and oxygen atoms in total. The summed E-state index contributed by atoms with van der Waals surface area (Å²) in [6, 6.07) is 13.3. The van der Waals surface area contributed by atoms with Crippen molar-refractivity contribution >= 4 is 5.91 Å². The lowest BCUT2D eigenvalue weighted by Crippen LogP contribution is -2.40. The highest BCUT2D eigenvalue weighted by Crippen LogP contribution is 2.31. The number of hydrogen-bond donors (Lipinski definition) is 1. The third-order valence-electron chi connectivity index (χ3n) is 5.57. The van der Waals surface area contributed by atoms with E-state index in [1.165, 1.54) is 19.3 Å². The van der Waals surface area contributed by atoms with Gasteiger partial charge in [-0.15, -0.1) is 0 Å². The van der Waals surface area contributed by atoms with Crippen LogP contribution in [0.3, 0.4) is 0 Å². The van der Waals surface area contributed by atoms with Crippen LogP contribution in [0.1, 0.15) is 41.2 Å². The molecule has 166 valence electrons. The molecular formula is C25H32N2O4. The highest BCUT2D eigenvalue weighted by atomic mass is 16.5. The predicted molar refractivity (Wildman–Crippen MR) is 122 cm³/mol. The van der Waals surface area contributed by atoms with Gasteiger partial charge >= 0.3 is 0 Å². The molecule has 3 rings (SSSR count). The summed E-state index contributed by atoms with van der Waals surface area (Å²) >= 11 is 0. The summed E-state index contributed by atoms with van der Waals surface area (Å²) in [5.74, 6) is 1.80. The van der Waals surface area contributed by atoms with Gasteiger partial charge in [0.15, 0.2) is 11.5 Å². The summed E-state index contributed by atoms with van der Waals surface area (Å²) in [5.41, 5.74) is 1.62. The second-order valence-corrected chi connectivity index (χ2v) is 7.53. The van der Waals surface area contributed by atoms with Crippen molar-refractivity contribution in [2.24, 2.45) is 0 Å². The fourth-order valence-electron chi connectivity index (χ4n) is 3.98. The van der Waals surface area contributed by atoms with Gasteiger partial charge < -0.3 is 19.5 Å². The van der Waals surface area contributed by atoms with Gasteiger partial charge in [-0.3, -0.25) is 9.69 Å². The summed E-state index contributed by atoms with van der Waals surface area (Å²) < 4.78 is 16.6. The third kappa shape index (κ3) is 5.79. The molecule has 1 unspecified atom stereocenters. The molecule has 6 heteroatoms. The number of amides is 1. The van der Waals surface area contributed by atoms with Crippen molar-refractivity contribution in [3.8, 4) is 17.2 Å². The Balaban J connectivity index is 1.76. The minimum absolute atomic E-state index is 0.0532. The molecule has 0 aromatic heterocycles. The monoisotopic (exact) mass is 424 g/mol. The van der Waals surface area contributed by atoms with Crippen molar-refractivity contribution in [3.05, 3.63) is 66.2 Å². The van der Waals surface area contributed by atoms with E-state index in [1.54, 1.807) is 38.5 Å². The van der Waals surface area contributed by atoms with Gasteiger partial charge in [0.2, 0.25) is 0 Å². The van der Waals surface area contributed by atoms with E-state index in [9.17, 15) is 4.79 Å². The molecule has 1 aliphatic rings. The van der Waals surface area contributed by atoms with Crippen LogP contribution in [0.2, 0.25) is 0 Å². The fourth-order valence-corrected chi connectivity index (χ4v) is 3.98. The van der Waals surface area contributed by atoms with Crippen LogP contribution in [0.25, 0.3) is 0 Å². The second kappa shape index (κ2) is 11.4. The zero-order valence-corrected chi connectivity index (χ0v) is 18.4. The Morgan fingerprint density at radius 3 is 2.52 bits per heavy atom. The second-order valence-electron chi connectivity index (χ2n) is 7.53. The Bertz CT molecular complexity index is 878. The van der Waals surface area contributed by atoms with E-state index in [4.69, 9.17) is 14.2 Å². The maximum atomic E-state index is 12.9. The molecule has 0 radical (unpaired) electrons. The SMILES string of the molecule is C=CCOc1ccc(C(=O)NCC(c2ccccc2OC)N2CCCCC2)cc1OC. The number of benzene rings is 2. The number of rotatable bonds is 10. The van der Waals surface area contributed by atoms with Crippen LogP contribution in [-0.2, 0) is 0 Å². The number of carbonyl (C=O) groups excluding carboxylic acids is 1. The van der Waals surface area contributed by atoms with Gasteiger partial charge in [-0.05, 0) is 50.2 Å². The first kappa shape index (κ1) is 22.7. The first-order valence-corrected chi connectivity index (χ1v) is 10.7. The van der Waals surface area contributed by atoms with Crippen LogP contribution in [0.5, 0.6) is 17.2 Å². The van der Waals surface area contributed by atoms with Gasteiger partial charge in [0.1, 0.15) is 12.4 Å². The number of nitrogens with one attached hydrogen (secondary N) is 1. The lowest BCUT2D eigenvalue weighted by molar-refractivity contribution is 0.0923. The summed E-state index contributed by atoms with van der Waals surface area (Å²) in [6.45, 7) is 6.55. The normalized spacial score (nSPS) is 15.0. The number of methoxy groups -OCH3 is 2. The average molecular weight is 425 g/mol. The minimum atomic E-state index is -0.148. The highest BCUT2D eigenvalue weighted by molar-refractivity contribution is 5.94. The standard InChI is InChI=1S/C25H32N2O4/c1-4-16-31-23-13-12-19(17-24(23)30-3)25(28)26-18-21(27-14-8-5-9-15-27)20-10-6-7-11-22(20)29-2/h4,6-7,10-13,17,21H,1,5,8-9,14-16,18H2,2-3H3,(H,26,28). The lowest BCUT2D eigenvalue weighted by Gasteiger charge is -2.35. The Morgan fingerprint density at radius 2 is 1.81 bits per heavy atom. The molecule has 1 atom stereocenters. The summed E-state index contributed by atoms with van der Waals surface area (Å²) in [7, 11) is 3.25. The molecule has 2 aromatic rings. The van der Waals surface area contributed by atoms with E-state index < -0.39 is 0 Å². The lowest BCUT2D eigenvalue weighted by atomic mass is 10.0. The molecular weight excluding hydrogens is 392 g/mol. The highest BCUT2D eigenvalue weighted by Gasteiger charge is 2.25. The van der Waals surface area contributed by atoms with Crippen LogP contribution < -0.4 is 19.5 Å². The summed E-state index contributed by atoms with van der Waals surface area (Å²) in [6.07, 6.45) is 5.26. The summed E-state index contributed by atoms with van der Waals surface area (Å²) in [4.78, 5) is 15.4. The Hall–Kier alpha value is -2.99. The smallest absolute Gasteiger partial charge is 0.251 e. The number of likely N-dealkylation sites (tertiary alicyclic amines) is 1. The van der Waals surface area contributed by atoms with E-state index in [-0.39, 0.29) is 11.9 Å². The zero-order valence-electron chi connectivity index (χ0n) is 18.4.